The quantitative estimate of drug-likeness (QED) is 0.816. The third kappa shape index (κ3) is 2.92. The molecule has 1 rings (SSSR count). The lowest BCUT2D eigenvalue weighted by Gasteiger charge is -2.02. The van der Waals surface area contributed by atoms with Crippen LogP contribution in [0.1, 0.15) is 18.9 Å². The van der Waals surface area contributed by atoms with Crippen LogP contribution < -0.4 is 0 Å². The average molecular weight is 261 g/mol. The molecule has 0 radical (unpaired) electrons. The van der Waals surface area contributed by atoms with Crippen LogP contribution in [0.5, 0.6) is 0 Å². The minimum Gasteiger partial charge on any atom is -0.254 e. The summed E-state index contributed by atoms with van der Waals surface area (Å²) < 4.78 is 12.6. The number of aryl methyl sites for hydroxylation is 1. The smallest absolute Gasteiger partial charge is 0.0529 e. The predicted octanol–water partition coefficient (Wildman–Crippen LogP) is 3.28. The molecule has 3 heteroatoms. The normalized spacial score (nSPS) is 12.8. The van der Waals surface area contributed by atoms with E-state index in [2.05, 4.69) is 15.9 Å². The van der Waals surface area contributed by atoms with Gasteiger partial charge >= 0.3 is 0 Å². The lowest BCUT2D eigenvalue weighted by Crippen LogP contribution is -1.96. The van der Waals surface area contributed by atoms with E-state index in [1.165, 1.54) is 5.56 Å². The largest absolute Gasteiger partial charge is 0.254 e. The second-order valence-electron chi connectivity index (χ2n) is 2.96. The monoisotopic (exact) mass is 260 g/mol. The molecular formula is C10H13BrOS. The van der Waals surface area contributed by atoms with Gasteiger partial charge in [0, 0.05) is 15.1 Å². The lowest BCUT2D eigenvalue weighted by molar-refractivity contribution is 0.682. The molecular weight excluding hydrogens is 248 g/mol. The van der Waals surface area contributed by atoms with Gasteiger partial charge in [-0.2, -0.15) is 0 Å². The molecule has 0 amide bonds. The molecule has 1 aromatic carbocycles. The van der Waals surface area contributed by atoms with Gasteiger partial charge in [0.1, 0.15) is 0 Å². The minimum absolute atomic E-state index is 0.746. The molecule has 1 atom stereocenters. The van der Waals surface area contributed by atoms with Crippen LogP contribution in [0.4, 0.5) is 0 Å². The van der Waals surface area contributed by atoms with Crippen molar-refractivity contribution in [3.63, 3.8) is 0 Å². The average Bonchev–Trinajstić information content (AvgIpc) is 2.10. The van der Waals surface area contributed by atoms with Crippen molar-refractivity contribution in [2.45, 2.75) is 25.2 Å². The SMILES string of the molecule is CCC[S@](=O)c1ccc(C)c(Br)c1. The third-order valence-electron chi connectivity index (χ3n) is 1.80. The first-order valence-corrected chi connectivity index (χ1v) is 6.41. The second kappa shape index (κ2) is 4.91. The van der Waals surface area contributed by atoms with Gasteiger partial charge in [-0.3, -0.25) is 4.21 Å². The summed E-state index contributed by atoms with van der Waals surface area (Å²) in [6.45, 7) is 4.07. The summed E-state index contributed by atoms with van der Waals surface area (Å²) in [5, 5.41) is 0. The highest BCUT2D eigenvalue weighted by Crippen LogP contribution is 2.19. The second-order valence-corrected chi connectivity index (χ2v) is 5.39. The van der Waals surface area contributed by atoms with Crippen LogP contribution in [0.25, 0.3) is 0 Å². The number of hydrogen-bond acceptors (Lipinski definition) is 1. The zero-order valence-electron chi connectivity index (χ0n) is 7.84. The van der Waals surface area contributed by atoms with Crippen molar-refractivity contribution < 1.29 is 4.21 Å². The van der Waals surface area contributed by atoms with E-state index in [-0.39, 0.29) is 0 Å². The van der Waals surface area contributed by atoms with Crippen LogP contribution in [-0.4, -0.2) is 9.96 Å². The fourth-order valence-electron chi connectivity index (χ4n) is 1.02. The van der Waals surface area contributed by atoms with E-state index in [0.717, 1.165) is 21.5 Å². The summed E-state index contributed by atoms with van der Waals surface area (Å²) in [7, 11) is -0.832. The van der Waals surface area contributed by atoms with Gasteiger partial charge in [-0.15, -0.1) is 0 Å². The Labute approximate surface area is 90.1 Å². The fourth-order valence-corrected chi connectivity index (χ4v) is 2.62. The summed E-state index contributed by atoms with van der Waals surface area (Å²) in [6, 6.07) is 5.87. The lowest BCUT2D eigenvalue weighted by atomic mass is 10.2. The first-order chi connectivity index (χ1) is 6.15. The van der Waals surface area contributed by atoms with E-state index >= 15 is 0 Å². The van der Waals surface area contributed by atoms with Crippen LogP contribution in [-0.2, 0) is 10.8 Å². The van der Waals surface area contributed by atoms with Gasteiger partial charge < -0.3 is 0 Å². The molecule has 0 unspecified atom stereocenters. The summed E-state index contributed by atoms with van der Waals surface area (Å²) in [5.74, 6) is 0.746. The molecule has 1 aromatic rings. The molecule has 0 aliphatic carbocycles. The molecule has 0 aliphatic rings. The molecule has 0 saturated carbocycles. The topological polar surface area (TPSA) is 17.1 Å². The molecule has 0 heterocycles. The van der Waals surface area contributed by atoms with Gasteiger partial charge in [-0.1, -0.05) is 28.9 Å². The van der Waals surface area contributed by atoms with E-state index in [4.69, 9.17) is 0 Å². The Bertz CT molecular complexity index is 323. The molecule has 0 fully saturated rings. The molecule has 0 aromatic heterocycles. The summed E-state index contributed by atoms with van der Waals surface area (Å²) in [4.78, 5) is 0.916. The molecule has 72 valence electrons. The summed E-state index contributed by atoms with van der Waals surface area (Å²) >= 11 is 3.43. The van der Waals surface area contributed by atoms with Gasteiger partial charge in [-0.05, 0) is 31.0 Å². The fraction of sp³-hybridized carbons (Fsp3) is 0.400. The molecule has 0 bridgehead atoms. The van der Waals surface area contributed by atoms with Crippen molar-refractivity contribution in [3.05, 3.63) is 28.2 Å². The van der Waals surface area contributed by atoms with Gasteiger partial charge in [0.2, 0.25) is 0 Å². The van der Waals surface area contributed by atoms with Crippen molar-refractivity contribution in [1.29, 1.82) is 0 Å². The highest BCUT2D eigenvalue weighted by Gasteiger charge is 2.03. The van der Waals surface area contributed by atoms with Crippen LogP contribution in [0, 0.1) is 6.92 Å². The van der Waals surface area contributed by atoms with Gasteiger partial charge in [-0.25, -0.2) is 0 Å². The maximum absolute atomic E-state index is 11.6. The highest BCUT2D eigenvalue weighted by molar-refractivity contribution is 9.10. The number of benzene rings is 1. The van der Waals surface area contributed by atoms with E-state index in [0.29, 0.717) is 0 Å². The van der Waals surface area contributed by atoms with Crippen LogP contribution in [0.3, 0.4) is 0 Å². The van der Waals surface area contributed by atoms with E-state index < -0.39 is 10.8 Å². The molecule has 0 spiro atoms. The highest BCUT2D eigenvalue weighted by atomic mass is 79.9. The first-order valence-electron chi connectivity index (χ1n) is 4.29. The Balaban J connectivity index is 2.90. The maximum Gasteiger partial charge on any atom is 0.0529 e. The van der Waals surface area contributed by atoms with Crippen molar-refractivity contribution in [2.24, 2.45) is 0 Å². The Morgan fingerprint density at radius 1 is 1.46 bits per heavy atom. The minimum atomic E-state index is -0.832. The van der Waals surface area contributed by atoms with Crippen molar-refractivity contribution >= 4 is 26.7 Å². The number of hydrogen-bond donors (Lipinski definition) is 0. The summed E-state index contributed by atoms with van der Waals surface area (Å²) in [6.07, 6.45) is 0.956. The van der Waals surface area contributed by atoms with Crippen molar-refractivity contribution in [2.75, 3.05) is 5.75 Å². The zero-order chi connectivity index (χ0) is 9.84. The van der Waals surface area contributed by atoms with E-state index in [9.17, 15) is 4.21 Å². The standard InChI is InChI=1S/C10H13BrOS/c1-3-6-13(12)9-5-4-8(2)10(11)7-9/h4-5,7H,3,6H2,1-2H3/t13-/m0/s1. The molecule has 1 nitrogen and oxygen atoms in total. The zero-order valence-corrected chi connectivity index (χ0v) is 10.2. The van der Waals surface area contributed by atoms with Crippen LogP contribution >= 0.6 is 15.9 Å². The maximum atomic E-state index is 11.6. The van der Waals surface area contributed by atoms with Crippen molar-refractivity contribution in [3.8, 4) is 0 Å². The van der Waals surface area contributed by atoms with Gasteiger partial charge in [0.25, 0.3) is 0 Å². The Morgan fingerprint density at radius 3 is 2.69 bits per heavy atom. The number of halogens is 1. The van der Waals surface area contributed by atoms with Gasteiger partial charge in [0.15, 0.2) is 0 Å². The predicted molar refractivity (Wildman–Crippen MR) is 60.4 cm³/mol. The van der Waals surface area contributed by atoms with Crippen LogP contribution in [0.15, 0.2) is 27.6 Å². The Morgan fingerprint density at radius 2 is 2.15 bits per heavy atom. The Hall–Kier alpha value is -0.150. The molecule has 13 heavy (non-hydrogen) atoms. The van der Waals surface area contributed by atoms with E-state index in [1.54, 1.807) is 0 Å². The van der Waals surface area contributed by atoms with Crippen molar-refractivity contribution in [1.82, 2.24) is 0 Å². The molecule has 0 aliphatic heterocycles. The number of rotatable bonds is 3. The Kier molecular flexibility index (Phi) is 4.13. The summed E-state index contributed by atoms with van der Waals surface area (Å²) in [5.41, 5.74) is 1.18. The van der Waals surface area contributed by atoms with E-state index in [1.807, 2.05) is 32.0 Å². The molecule has 0 saturated heterocycles. The van der Waals surface area contributed by atoms with Crippen LogP contribution in [0.2, 0.25) is 0 Å². The molecule has 0 N–H and O–H groups in total. The van der Waals surface area contributed by atoms with Gasteiger partial charge in [0.05, 0.1) is 10.8 Å². The first kappa shape index (κ1) is 10.9. The third-order valence-corrected chi connectivity index (χ3v) is 4.21.